The lowest BCUT2D eigenvalue weighted by atomic mass is 10.1. The Hall–Kier alpha value is -2.87. The Balaban J connectivity index is 1.91. The molecule has 1 aliphatic heterocycles. The second-order valence-electron chi connectivity index (χ2n) is 7.19. The van der Waals surface area contributed by atoms with Gasteiger partial charge in [0, 0.05) is 12.1 Å². The van der Waals surface area contributed by atoms with E-state index in [-0.39, 0.29) is 17.7 Å². The SMILES string of the molecule is COc1ccc(S(=O)(=O)N2C(=O)CC[C@@H]2C(=O)Nc2ccc(C)cc2C)cc1C. The van der Waals surface area contributed by atoms with Crippen LogP contribution in [-0.4, -0.2) is 37.7 Å². The molecule has 0 saturated carbocycles. The second kappa shape index (κ2) is 7.87. The zero-order valence-electron chi connectivity index (χ0n) is 16.9. The van der Waals surface area contributed by atoms with Gasteiger partial charge in [0.1, 0.15) is 11.8 Å². The van der Waals surface area contributed by atoms with Gasteiger partial charge in [-0.1, -0.05) is 17.7 Å². The molecule has 0 aromatic heterocycles. The summed E-state index contributed by atoms with van der Waals surface area (Å²) in [6.07, 6.45) is 0.142. The topological polar surface area (TPSA) is 92.8 Å². The third kappa shape index (κ3) is 3.98. The fraction of sp³-hybridized carbons (Fsp3) is 0.333. The lowest BCUT2D eigenvalue weighted by Crippen LogP contribution is -2.45. The number of ether oxygens (including phenoxy) is 1. The molecule has 2 aromatic rings. The zero-order valence-corrected chi connectivity index (χ0v) is 17.7. The van der Waals surface area contributed by atoms with E-state index in [1.807, 2.05) is 26.0 Å². The van der Waals surface area contributed by atoms with Gasteiger partial charge in [0.15, 0.2) is 0 Å². The molecular weight excluding hydrogens is 392 g/mol. The minimum Gasteiger partial charge on any atom is -0.496 e. The third-order valence-electron chi connectivity index (χ3n) is 5.03. The van der Waals surface area contributed by atoms with E-state index in [1.165, 1.54) is 25.3 Å². The number of carbonyl (C=O) groups is 2. The van der Waals surface area contributed by atoms with Crippen molar-refractivity contribution < 1.29 is 22.7 Å². The summed E-state index contributed by atoms with van der Waals surface area (Å²) >= 11 is 0. The molecule has 0 spiro atoms. The van der Waals surface area contributed by atoms with Crippen molar-refractivity contribution in [1.82, 2.24) is 4.31 Å². The van der Waals surface area contributed by atoms with Crippen LogP contribution >= 0.6 is 0 Å². The van der Waals surface area contributed by atoms with E-state index in [2.05, 4.69) is 5.32 Å². The summed E-state index contributed by atoms with van der Waals surface area (Å²) in [6, 6.07) is 8.82. The molecule has 2 aromatic carbocycles. The fourth-order valence-electron chi connectivity index (χ4n) is 3.50. The fourth-order valence-corrected chi connectivity index (χ4v) is 5.18. The maximum Gasteiger partial charge on any atom is 0.267 e. The number of benzene rings is 2. The Bertz CT molecular complexity index is 1080. The summed E-state index contributed by atoms with van der Waals surface area (Å²) in [7, 11) is -2.68. The van der Waals surface area contributed by atoms with E-state index < -0.39 is 27.9 Å². The van der Waals surface area contributed by atoms with Crippen LogP contribution in [0.15, 0.2) is 41.3 Å². The summed E-state index contributed by atoms with van der Waals surface area (Å²) in [5.41, 5.74) is 3.13. The monoisotopic (exact) mass is 416 g/mol. The van der Waals surface area contributed by atoms with E-state index in [4.69, 9.17) is 4.74 Å². The molecular formula is C21H24N2O5S. The largest absolute Gasteiger partial charge is 0.496 e. The van der Waals surface area contributed by atoms with E-state index in [0.717, 1.165) is 11.1 Å². The number of hydrogen-bond donors (Lipinski definition) is 1. The average molecular weight is 416 g/mol. The number of anilines is 1. The first-order chi connectivity index (χ1) is 13.6. The van der Waals surface area contributed by atoms with Crippen LogP contribution in [0.2, 0.25) is 0 Å². The molecule has 0 aliphatic carbocycles. The summed E-state index contributed by atoms with van der Waals surface area (Å²) in [5.74, 6) is -0.559. The molecule has 8 heteroatoms. The van der Waals surface area contributed by atoms with Gasteiger partial charge in [0.25, 0.3) is 10.0 Å². The lowest BCUT2D eigenvalue weighted by molar-refractivity contribution is -0.128. The van der Waals surface area contributed by atoms with Crippen molar-refractivity contribution in [2.75, 3.05) is 12.4 Å². The lowest BCUT2D eigenvalue weighted by Gasteiger charge is -2.24. The molecule has 29 heavy (non-hydrogen) atoms. The first-order valence-corrected chi connectivity index (χ1v) is 10.7. The van der Waals surface area contributed by atoms with Crippen LogP contribution in [0.3, 0.4) is 0 Å². The number of nitrogens with one attached hydrogen (secondary N) is 1. The van der Waals surface area contributed by atoms with Crippen LogP contribution in [0.5, 0.6) is 5.75 Å². The quantitative estimate of drug-likeness (QED) is 0.809. The van der Waals surface area contributed by atoms with E-state index in [1.54, 1.807) is 13.0 Å². The first kappa shape index (κ1) is 20.9. The summed E-state index contributed by atoms with van der Waals surface area (Å²) < 4.78 is 32.2. The molecule has 0 unspecified atom stereocenters. The minimum absolute atomic E-state index is 0.000661. The normalized spacial score (nSPS) is 16.8. The van der Waals surface area contributed by atoms with Gasteiger partial charge in [0.05, 0.1) is 12.0 Å². The van der Waals surface area contributed by atoms with Crippen LogP contribution in [0.25, 0.3) is 0 Å². The minimum atomic E-state index is -4.17. The summed E-state index contributed by atoms with van der Waals surface area (Å²) in [4.78, 5) is 25.2. The Morgan fingerprint density at radius 3 is 2.45 bits per heavy atom. The molecule has 1 saturated heterocycles. The van der Waals surface area contributed by atoms with Crippen molar-refractivity contribution in [2.24, 2.45) is 0 Å². The van der Waals surface area contributed by atoms with Crippen molar-refractivity contribution in [3.05, 3.63) is 53.1 Å². The highest BCUT2D eigenvalue weighted by atomic mass is 32.2. The highest BCUT2D eigenvalue weighted by Gasteiger charge is 2.44. The van der Waals surface area contributed by atoms with E-state index in [9.17, 15) is 18.0 Å². The van der Waals surface area contributed by atoms with Gasteiger partial charge in [-0.15, -0.1) is 0 Å². The molecule has 1 fully saturated rings. The Labute approximate surface area is 170 Å². The maximum absolute atomic E-state index is 13.2. The van der Waals surface area contributed by atoms with Crippen molar-refractivity contribution in [2.45, 2.75) is 44.6 Å². The highest BCUT2D eigenvalue weighted by molar-refractivity contribution is 7.89. The van der Waals surface area contributed by atoms with Gasteiger partial charge in [-0.25, -0.2) is 12.7 Å². The first-order valence-electron chi connectivity index (χ1n) is 9.25. The molecule has 0 bridgehead atoms. The van der Waals surface area contributed by atoms with Crippen LogP contribution in [0.4, 0.5) is 5.69 Å². The summed E-state index contributed by atoms with van der Waals surface area (Å²) in [6.45, 7) is 5.52. The Morgan fingerprint density at radius 2 is 1.83 bits per heavy atom. The smallest absolute Gasteiger partial charge is 0.267 e. The Morgan fingerprint density at radius 1 is 1.10 bits per heavy atom. The molecule has 3 rings (SSSR count). The van der Waals surface area contributed by atoms with E-state index >= 15 is 0 Å². The van der Waals surface area contributed by atoms with Crippen LogP contribution in [0.1, 0.15) is 29.5 Å². The van der Waals surface area contributed by atoms with Crippen LogP contribution < -0.4 is 10.1 Å². The van der Waals surface area contributed by atoms with Gasteiger partial charge in [-0.05, 0) is 62.6 Å². The predicted molar refractivity (Wildman–Crippen MR) is 109 cm³/mol. The highest BCUT2D eigenvalue weighted by Crippen LogP contribution is 2.30. The second-order valence-corrected chi connectivity index (χ2v) is 9.00. The van der Waals surface area contributed by atoms with Crippen molar-refractivity contribution in [3.8, 4) is 5.75 Å². The number of sulfonamides is 1. The van der Waals surface area contributed by atoms with Gasteiger partial charge in [-0.3, -0.25) is 9.59 Å². The van der Waals surface area contributed by atoms with Crippen LogP contribution in [-0.2, 0) is 19.6 Å². The third-order valence-corrected chi connectivity index (χ3v) is 6.85. The zero-order chi connectivity index (χ0) is 21.3. The Kier molecular flexibility index (Phi) is 5.66. The summed E-state index contributed by atoms with van der Waals surface area (Å²) in [5, 5.41) is 2.77. The van der Waals surface area contributed by atoms with Crippen molar-refractivity contribution >= 4 is 27.5 Å². The van der Waals surface area contributed by atoms with Gasteiger partial charge >= 0.3 is 0 Å². The van der Waals surface area contributed by atoms with Crippen LogP contribution in [0, 0.1) is 20.8 Å². The van der Waals surface area contributed by atoms with Gasteiger partial charge < -0.3 is 10.1 Å². The number of amides is 2. The molecule has 1 heterocycles. The molecule has 154 valence electrons. The molecule has 7 nitrogen and oxygen atoms in total. The number of nitrogens with zero attached hydrogens (tertiary/aromatic N) is 1. The molecule has 1 atom stereocenters. The molecule has 0 radical (unpaired) electrons. The number of carbonyl (C=O) groups excluding carboxylic acids is 2. The predicted octanol–water partition coefficient (Wildman–Crippen LogP) is 2.94. The number of methoxy groups -OCH3 is 1. The van der Waals surface area contributed by atoms with Crippen molar-refractivity contribution in [3.63, 3.8) is 0 Å². The van der Waals surface area contributed by atoms with Crippen molar-refractivity contribution in [1.29, 1.82) is 0 Å². The molecule has 2 amide bonds. The molecule has 1 N–H and O–H groups in total. The number of hydrogen-bond acceptors (Lipinski definition) is 5. The number of aryl methyl sites for hydroxylation is 3. The molecule has 1 aliphatic rings. The maximum atomic E-state index is 13.2. The van der Waals surface area contributed by atoms with Gasteiger partial charge in [0.2, 0.25) is 11.8 Å². The van der Waals surface area contributed by atoms with E-state index in [0.29, 0.717) is 21.3 Å². The average Bonchev–Trinajstić information content (AvgIpc) is 3.06. The number of rotatable bonds is 5. The standard InChI is InChI=1S/C21H24N2O5S/c1-13-5-7-17(14(2)11-13)22-21(25)18-8-10-20(24)23(18)29(26,27)16-6-9-19(28-4)15(3)12-16/h5-7,9,11-12,18H,8,10H2,1-4H3,(H,22,25)/t18-/m1/s1. The van der Waals surface area contributed by atoms with Gasteiger partial charge in [-0.2, -0.15) is 0 Å².